The number of hydrogen-bond donors (Lipinski definition) is 2. The summed E-state index contributed by atoms with van der Waals surface area (Å²) in [5, 5.41) is 11.5. The smallest absolute Gasteiger partial charge is 0.305 e. The highest BCUT2D eigenvalue weighted by Gasteiger charge is 2.23. The van der Waals surface area contributed by atoms with Crippen molar-refractivity contribution in [2.75, 3.05) is 7.11 Å². The van der Waals surface area contributed by atoms with Crippen LogP contribution >= 0.6 is 15.9 Å². The Hall–Kier alpha value is -1.56. The van der Waals surface area contributed by atoms with Gasteiger partial charge in [-0.25, -0.2) is 0 Å². The van der Waals surface area contributed by atoms with E-state index in [4.69, 9.17) is 9.84 Å². The molecule has 0 saturated carbocycles. The standard InChI is InChI=1S/C15H20BrNO4/c1-15(2,9-14(19)20)17-13(18)7-5-10-4-6-12(21-3)11(16)8-10/h4,6,8H,5,7,9H2,1-3H3,(H,17,18)(H,19,20). The average Bonchev–Trinajstić information content (AvgIpc) is 2.34. The molecule has 0 fully saturated rings. The molecule has 0 aliphatic rings. The van der Waals surface area contributed by atoms with Crippen molar-refractivity contribution in [3.8, 4) is 5.75 Å². The molecule has 0 aromatic heterocycles. The molecular formula is C15H20BrNO4. The summed E-state index contributed by atoms with van der Waals surface area (Å²) in [4.78, 5) is 22.6. The van der Waals surface area contributed by atoms with Crippen molar-refractivity contribution < 1.29 is 19.4 Å². The lowest BCUT2D eigenvalue weighted by Crippen LogP contribution is -2.45. The number of carboxylic acid groups (broad SMARTS) is 1. The van der Waals surface area contributed by atoms with Crippen LogP contribution < -0.4 is 10.1 Å². The SMILES string of the molecule is COc1ccc(CCC(=O)NC(C)(C)CC(=O)O)cc1Br. The van der Waals surface area contributed by atoms with Gasteiger partial charge in [-0.3, -0.25) is 9.59 Å². The molecule has 1 amide bonds. The molecule has 116 valence electrons. The lowest BCUT2D eigenvalue weighted by Gasteiger charge is -2.24. The Kier molecular flexibility index (Phi) is 6.20. The van der Waals surface area contributed by atoms with Crippen LogP contribution in [0, 0.1) is 0 Å². The molecule has 21 heavy (non-hydrogen) atoms. The lowest BCUT2D eigenvalue weighted by molar-refractivity contribution is -0.138. The monoisotopic (exact) mass is 357 g/mol. The summed E-state index contributed by atoms with van der Waals surface area (Å²) in [6.07, 6.45) is 0.784. The summed E-state index contributed by atoms with van der Waals surface area (Å²) in [7, 11) is 1.59. The van der Waals surface area contributed by atoms with Crippen LogP contribution in [0.25, 0.3) is 0 Å². The first-order valence-corrected chi connectivity index (χ1v) is 7.38. The number of rotatable bonds is 7. The second-order valence-corrected chi connectivity index (χ2v) is 6.33. The highest BCUT2D eigenvalue weighted by Crippen LogP contribution is 2.26. The molecule has 5 nitrogen and oxygen atoms in total. The number of aliphatic carboxylic acids is 1. The summed E-state index contributed by atoms with van der Waals surface area (Å²) in [6, 6.07) is 5.65. The molecule has 0 spiro atoms. The largest absolute Gasteiger partial charge is 0.496 e. The molecule has 0 radical (unpaired) electrons. The van der Waals surface area contributed by atoms with Gasteiger partial charge < -0.3 is 15.2 Å². The van der Waals surface area contributed by atoms with Gasteiger partial charge >= 0.3 is 5.97 Å². The molecule has 0 aliphatic carbocycles. The van der Waals surface area contributed by atoms with Crippen molar-refractivity contribution in [3.63, 3.8) is 0 Å². The molecule has 0 aliphatic heterocycles. The highest BCUT2D eigenvalue weighted by molar-refractivity contribution is 9.10. The maximum Gasteiger partial charge on any atom is 0.305 e. The van der Waals surface area contributed by atoms with Gasteiger partial charge in [-0.15, -0.1) is 0 Å². The zero-order valence-electron chi connectivity index (χ0n) is 12.4. The van der Waals surface area contributed by atoms with Crippen molar-refractivity contribution in [1.82, 2.24) is 5.32 Å². The van der Waals surface area contributed by atoms with E-state index >= 15 is 0 Å². The Morgan fingerprint density at radius 1 is 1.38 bits per heavy atom. The number of ether oxygens (including phenoxy) is 1. The number of benzene rings is 1. The van der Waals surface area contributed by atoms with Crippen LogP contribution in [0.15, 0.2) is 22.7 Å². The molecular weight excluding hydrogens is 338 g/mol. The van der Waals surface area contributed by atoms with Gasteiger partial charge in [-0.1, -0.05) is 6.07 Å². The van der Waals surface area contributed by atoms with Crippen LogP contribution in [0.5, 0.6) is 5.75 Å². The predicted molar refractivity (Wildman–Crippen MR) is 83.5 cm³/mol. The maximum atomic E-state index is 11.9. The third-order valence-corrected chi connectivity index (χ3v) is 3.55. The van der Waals surface area contributed by atoms with E-state index < -0.39 is 11.5 Å². The van der Waals surface area contributed by atoms with Gasteiger partial charge in [0.05, 0.1) is 18.0 Å². The third kappa shape index (κ3) is 6.16. The highest BCUT2D eigenvalue weighted by atomic mass is 79.9. The molecule has 2 N–H and O–H groups in total. The number of halogens is 1. The fourth-order valence-electron chi connectivity index (χ4n) is 1.99. The molecule has 1 aromatic carbocycles. The number of carbonyl (C=O) groups is 2. The Labute approximate surface area is 132 Å². The van der Waals surface area contributed by atoms with E-state index in [9.17, 15) is 9.59 Å². The Morgan fingerprint density at radius 3 is 2.57 bits per heavy atom. The molecule has 0 saturated heterocycles. The van der Waals surface area contributed by atoms with Gasteiger partial charge in [0.2, 0.25) is 5.91 Å². The number of methoxy groups -OCH3 is 1. The van der Waals surface area contributed by atoms with Crippen molar-refractivity contribution >= 4 is 27.8 Å². The second-order valence-electron chi connectivity index (χ2n) is 5.47. The first-order chi connectivity index (χ1) is 9.73. The first kappa shape index (κ1) is 17.5. The topological polar surface area (TPSA) is 75.6 Å². The van der Waals surface area contributed by atoms with Crippen LogP contribution in [-0.4, -0.2) is 29.6 Å². The number of amides is 1. The van der Waals surface area contributed by atoms with Gasteiger partial charge in [-0.2, -0.15) is 0 Å². The Bertz CT molecular complexity index is 528. The molecule has 0 heterocycles. The van der Waals surface area contributed by atoms with E-state index in [0.717, 1.165) is 15.8 Å². The average molecular weight is 358 g/mol. The van der Waals surface area contributed by atoms with Crippen molar-refractivity contribution in [2.24, 2.45) is 0 Å². The normalized spacial score (nSPS) is 11.0. The van der Waals surface area contributed by atoms with Gasteiger partial charge in [0.25, 0.3) is 0 Å². The number of carbonyl (C=O) groups excluding carboxylic acids is 1. The molecule has 0 bridgehead atoms. The minimum Gasteiger partial charge on any atom is -0.496 e. The van der Waals surface area contributed by atoms with E-state index in [-0.39, 0.29) is 12.3 Å². The van der Waals surface area contributed by atoms with Crippen molar-refractivity contribution in [1.29, 1.82) is 0 Å². The van der Waals surface area contributed by atoms with E-state index in [1.807, 2.05) is 18.2 Å². The number of carboxylic acids is 1. The van der Waals surface area contributed by atoms with Crippen LogP contribution in [0.4, 0.5) is 0 Å². The molecule has 1 rings (SSSR count). The summed E-state index contributed by atoms with van der Waals surface area (Å²) >= 11 is 3.40. The second kappa shape index (κ2) is 7.45. The van der Waals surface area contributed by atoms with Crippen LogP contribution in [0.3, 0.4) is 0 Å². The minimum absolute atomic E-state index is 0.104. The maximum absolute atomic E-state index is 11.9. The molecule has 6 heteroatoms. The third-order valence-electron chi connectivity index (χ3n) is 2.93. The molecule has 1 aromatic rings. The zero-order chi connectivity index (χ0) is 16.0. The van der Waals surface area contributed by atoms with Crippen LogP contribution in [0.1, 0.15) is 32.3 Å². The zero-order valence-corrected chi connectivity index (χ0v) is 14.0. The number of hydrogen-bond acceptors (Lipinski definition) is 3. The summed E-state index contributed by atoms with van der Waals surface area (Å²) < 4.78 is 5.99. The first-order valence-electron chi connectivity index (χ1n) is 6.59. The Balaban J connectivity index is 2.53. The minimum atomic E-state index is -0.931. The lowest BCUT2D eigenvalue weighted by atomic mass is 10.00. The van der Waals surface area contributed by atoms with Gasteiger partial charge in [0, 0.05) is 12.0 Å². The van der Waals surface area contributed by atoms with E-state index in [2.05, 4.69) is 21.2 Å². The molecule has 0 unspecified atom stereocenters. The van der Waals surface area contributed by atoms with Gasteiger partial charge in [-0.05, 0) is 53.9 Å². The Morgan fingerprint density at radius 2 is 2.05 bits per heavy atom. The fraction of sp³-hybridized carbons (Fsp3) is 0.467. The predicted octanol–water partition coefficient (Wildman–Crippen LogP) is 2.76. The quantitative estimate of drug-likeness (QED) is 0.786. The van der Waals surface area contributed by atoms with Gasteiger partial charge in [0.15, 0.2) is 0 Å². The van der Waals surface area contributed by atoms with Gasteiger partial charge in [0.1, 0.15) is 5.75 Å². The van der Waals surface area contributed by atoms with E-state index in [1.165, 1.54) is 0 Å². The fourth-order valence-corrected chi connectivity index (χ4v) is 2.57. The number of aryl methyl sites for hydroxylation is 1. The summed E-state index contributed by atoms with van der Waals surface area (Å²) in [5.41, 5.74) is 0.262. The summed E-state index contributed by atoms with van der Waals surface area (Å²) in [5.74, 6) is -0.349. The molecule has 0 atom stereocenters. The number of nitrogens with one attached hydrogen (secondary N) is 1. The van der Waals surface area contributed by atoms with Crippen LogP contribution in [-0.2, 0) is 16.0 Å². The van der Waals surface area contributed by atoms with Crippen molar-refractivity contribution in [3.05, 3.63) is 28.2 Å². The van der Waals surface area contributed by atoms with Crippen LogP contribution in [0.2, 0.25) is 0 Å². The van der Waals surface area contributed by atoms with Crippen molar-refractivity contribution in [2.45, 2.75) is 38.6 Å². The van der Waals surface area contributed by atoms with E-state index in [1.54, 1.807) is 21.0 Å². The van der Waals surface area contributed by atoms with E-state index in [0.29, 0.717) is 12.8 Å². The summed E-state index contributed by atoms with van der Waals surface area (Å²) in [6.45, 7) is 3.39.